The number of hydrogen-bond acceptors (Lipinski definition) is 4. The van der Waals surface area contributed by atoms with Crippen LogP contribution in [0.1, 0.15) is 30.9 Å². The second kappa shape index (κ2) is 5.02. The van der Waals surface area contributed by atoms with E-state index in [4.69, 9.17) is 9.47 Å². The van der Waals surface area contributed by atoms with Crippen LogP contribution in [0, 0.1) is 10.6 Å². The first kappa shape index (κ1) is 14.4. The number of ether oxygens (including phenoxy) is 2. The minimum atomic E-state index is -0.836. The van der Waals surface area contributed by atoms with E-state index < -0.39 is 5.41 Å². The van der Waals surface area contributed by atoms with E-state index >= 15 is 0 Å². The number of para-hydroxylation sites is 1. The number of carbonyl (C=O) groups is 1. The summed E-state index contributed by atoms with van der Waals surface area (Å²) < 4.78 is 11.4. The summed E-state index contributed by atoms with van der Waals surface area (Å²) in [7, 11) is 1.37. The van der Waals surface area contributed by atoms with E-state index in [0.29, 0.717) is 16.0 Å². The average molecular weight is 299 g/mol. The molecule has 5 heteroatoms. The largest absolute Gasteiger partial charge is 0.616 e. The molecular formula is C17H17NO4. The van der Waals surface area contributed by atoms with Crippen molar-refractivity contribution in [1.29, 1.82) is 0 Å². The Morgan fingerprint density at radius 1 is 1.23 bits per heavy atom. The van der Waals surface area contributed by atoms with Crippen molar-refractivity contribution in [2.24, 2.45) is 5.41 Å². The number of rotatable bonds is 2. The van der Waals surface area contributed by atoms with E-state index in [9.17, 15) is 10.0 Å². The van der Waals surface area contributed by atoms with Crippen LogP contribution in [0.15, 0.2) is 42.6 Å². The van der Waals surface area contributed by atoms with Gasteiger partial charge in [-0.05, 0) is 26.0 Å². The van der Waals surface area contributed by atoms with E-state index in [-0.39, 0.29) is 17.8 Å². The molecule has 1 aromatic heterocycles. The van der Waals surface area contributed by atoms with E-state index in [1.54, 1.807) is 12.1 Å². The third-order valence-corrected chi connectivity index (χ3v) is 4.13. The van der Waals surface area contributed by atoms with Crippen LogP contribution in [0.4, 0.5) is 0 Å². The Hall–Kier alpha value is -2.56. The first-order valence-corrected chi connectivity index (χ1v) is 7.04. The number of esters is 1. The molecule has 0 aliphatic carbocycles. The van der Waals surface area contributed by atoms with Gasteiger partial charge in [-0.1, -0.05) is 18.2 Å². The topological polar surface area (TPSA) is 62.5 Å². The smallest absolute Gasteiger partial charge is 0.388 e. The van der Waals surface area contributed by atoms with Crippen LogP contribution in [-0.2, 0) is 9.53 Å². The van der Waals surface area contributed by atoms with Crippen LogP contribution in [0.3, 0.4) is 0 Å². The lowest BCUT2D eigenvalue weighted by molar-refractivity contribution is -0.612. The van der Waals surface area contributed by atoms with Crippen LogP contribution >= 0.6 is 0 Å². The zero-order valence-corrected chi connectivity index (χ0v) is 12.7. The van der Waals surface area contributed by atoms with E-state index in [0.717, 1.165) is 5.56 Å². The molecule has 0 amide bonds. The monoisotopic (exact) mass is 299 g/mol. The fraction of sp³-hybridized carbons (Fsp3) is 0.294. The minimum Gasteiger partial charge on any atom is -0.616 e. The predicted octanol–water partition coefficient (Wildman–Crippen LogP) is 2.76. The zero-order valence-electron chi connectivity index (χ0n) is 12.7. The normalized spacial score (nSPS) is 16.2. The van der Waals surface area contributed by atoms with E-state index in [1.165, 1.54) is 13.3 Å². The molecule has 22 heavy (non-hydrogen) atoms. The minimum absolute atomic E-state index is 0.211. The molecule has 0 radical (unpaired) electrons. The molecule has 114 valence electrons. The highest BCUT2D eigenvalue weighted by Gasteiger charge is 2.46. The lowest BCUT2D eigenvalue weighted by Crippen LogP contribution is -2.38. The molecule has 0 saturated heterocycles. The van der Waals surface area contributed by atoms with Gasteiger partial charge in [0.15, 0.2) is 6.20 Å². The van der Waals surface area contributed by atoms with Gasteiger partial charge < -0.3 is 14.7 Å². The molecule has 0 N–H and O–H groups in total. The van der Waals surface area contributed by atoms with Crippen LogP contribution in [0.5, 0.6) is 11.6 Å². The molecule has 2 aromatic rings. The van der Waals surface area contributed by atoms with Crippen LogP contribution < -0.4 is 9.47 Å². The lowest BCUT2D eigenvalue weighted by atomic mass is 9.70. The molecule has 1 aromatic carbocycles. The zero-order chi connectivity index (χ0) is 15.9. The Labute approximate surface area is 128 Å². The Bertz CT molecular complexity index is 739. The molecule has 0 saturated carbocycles. The summed E-state index contributed by atoms with van der Waals surface area (Å²) in [5.41, 5.74) is 0.723. The summed E-state index contributed by atoms with van der Waals surface area (Å²) >= 11 is 0. The van der Waals surface area contributed by atoms with Crippen molar-refractivity contribution in [1.82, 2.24) is 0 Å². The maximum absolute atomic E-state index is 12.3. The van der Waals surface area contributed by atoms with Crippen molar-refractivity contribution in [3.8, 4) is 11.6 Å². The molecule has 0 bridgehead atoms. The standard InChI is InChI=1S/C17H17NO4/c1-17(2,16(19)21-3)14-11-7-4-5-9-13(11)22-15-12(14)8-6-10-18(15)20/h4-10,14H,1-3H3. The Kier molecular flexibility index (Phi) is 3.28. The molecule has 1 unspecified atom stereocenters. The van der Waals surface area contributed by atoms with Crippen LogP contribution in [0.2, 0.25) is 0 Å². The van der Waals surface area contributed by atoms with Crippen LogP contribution in [0.25, 0.3) is 0 Å². The number of aromatic nitrogens is 1. The first-order valence-electron chi connectivity index (χ1n) is 7.04. The molecule has 1 atom stereocenters. The first-order chi connectivity index (χ1) is 10.5. The quantitative estimate of drug-likeness (QED) is 0.486. The molecule has 0 fully saturated rings. The van der Waals surface area contributed by atoms with Gasteiger partial charge in [0.1, 0.15) is 5.75 Å². The van der Waals surface area contributed by atoms with Gasteiger partial charge in [-0.3, -0.25) is 4.79 Å². The predicted molar refractivity (Wildman–Crippen MR) is 79.6 cm³/mol. The SMILES string of the molecule is COC(=O)C(C)(C)C1c2ccccc2Oc2c1ccc[n+]2[O-]. The molecule has 3 rings (SSSR count). The highest BCUT2D eigenvalue weighted by molar-refractivity contribution is 5.79. The number of benzene rings is 1. The summed E-state index contributed by atoms with van der Waals surface area (Å²) in [5, 5.41) is 12.1. The second-order valence-corrected chi connectivity index (χ2v) is 5.88. The Balaban J connectivity index is 2.26. The number of hydrogen-bond donors (Lipinski definition) is 0. The second-order valence-electron chi connectivity index (χ2n) is 5.88. The number of nitrogens with zero attached hydrogens (tertiary/aromatic N) is 1. The van der Waals surface area contributed by atoms with Gasteiger partial charge in [0.25, 0.3) is 0 Å². The molecule has 1 aliphatic heterocycles. The number of fused-ring (bicyclic) bond motifs is 2. The van der Waals surface area contributed by atoms with Crippen molar-refractivity contribution >= 4 is 5.97 Å². The van der Waals surface area contributed by atoms with Gasteiger partial charge in [-0.2, -0.15) is 0 Å². The molecular weight excluding hydrogens is 282 g/mol. The third-order valence-electron chi connectivity index (χ3n) is 4.13. The Morgan fingerprint density at radius 2 is 1.91 bits per heavy atom. The summed E-state index contributed by atoms with van der Waals surface area (Å²) in [6, 6.07) is 10.9. The fourth-order valence-electron chi connectivity index (χ4n) is 3.06. The van der Waals surface area contributed by atoms with Gasteiger partial charge in [0.2, 0.25) is 0 Å². The maximum Gasteiger partial charge on any atom is 0.388 e. The number of pyridine rings is 1. The van der Waals surface area contributed by atoms with Crippen LogP contribution in [-0.4, -0.2) is 13.1 Å². The summed E-state index contributed by atoms with van der Waals surface area (Å²) in [5.74, 6) is 0.152. The summed E-state index contributed by atoms with van der Waals surface area (Å²) in [6.45, 7) is 3.63. The van der Waals surface area contributed by atoms with Gasteiger partial charge in [-0.15, -0.1) is 4.73 Å². The van der Waals surface area contributed by atoms with Gasteiger partial charge in [0.05, 0.1) is 18.1 Å². The van der Waals surface area contributed by atoms with Gasteiger partial charge in [0, 0.05) is 17.5 Å². The van der Waals surface area contributed by atoms with Crippen molar-refractivity contribution in [3.63, 3.8) is 0 Å². The molecule has 2 heterocycles. The van der Waals surface area contributed by atoms with Crippen molar-refractivity contribution in [2.75, 3.05) is 7.11 Å². The highest BCUT2D eigenvalue weighted by atomic mass is 16.6. The average Bonchev–Trinajstić information content (AvgIpc) is 2.52. The van der Waals surface area contributed by atoms with Crippen molar-refractivity contribution in [3.05, 3.63) is 58.9 Å². The molecule has 0 spiro atoms. The number of carbonyl (C=O) groups excluding carboxylic acids is 1. The highest BCUT2D eigenvalue weighted by Crippen LogP contribution is 2.50. The van der Waals surface area contributed by atoms with E-state index in [2.05, 4.69) is 0 Å². The van der Waals surface area contributed by atoms with Gasteiger partial charge in [-0.25, -0.2) is 0 Å². The third kappa shape index (κ3) is 2.01. The van der Waals surface area contributed by atoms with E-state index in [1.807, 2.05) is 38.1 Å². The van der Waals surface area contributed by atoms with Crippen molar-refractivity contribution < 1.29 is 19.0 Å². The fourth-order valence-corrected chi connectivity index (χ4v) is 3.06. The number of methoxy groups -OCH3 is 1. The maximum atomic E-state index is 12.3. The Morgan fingerprint density at radius 3 is 2.64 bits per heavy atom. The summed E-state index contributed by atoms with van der Waals surface area (Å²) in [4.78, 5) is 12.3. The van der Waals surface area contributed by atoms with Gasteiger partial charge >= 0.3 is 11.8 Å². The summed E-state index contributed by atoms with van der Waals surface area (Å²) in [6.07, 6.45) is 1.38. The van der Waals surface area contributed by atoms with Crippen molar-refractivity contribution in [2.45, 2.75) is 19.8 Å². The lowest BCUT2D eigenvalue weighted by Gasteiger charge is -2.35. The molecule has 1 aliphatic rings. The molecule has 5 nitrogen and oxygen atoms in total.